The fourth-order valence-corrected chi connectivity index (χ4v) is 4.88. The molecule has 17 heavy (non-hydrogen) atoms. The number of rotatable bonds is 2. The summed E-state index contributed by atoms with van der Waals surface area (Å²) in [6.07, 6.45) is 2.26. The Bertz CT molecular complexity index is 473. The number of hydrogen-bond acceptors (Lipinski definition) is 3. The molecule has 92 valence electrons. The molecule has 1 saturated heterocycles. The van der Waals surface area contributed by atoms with Crippen molar-refractivity contribution in [1.29, 1.82) is 0 Å². The largest absolute Gasteiger partial charge is 0.369 e. The van der Waals surface area contributed by atoms with Gasteiger partial charge in [-0.2, -0.15) is 0 Å². The number of nitro groups is 1. The zero-order chi connectivity index (χ0) is 12.6. The first-order valence-electron chi connectivity index (χ1n) is 5.09. The minimum atomic E-state index is -0.375. The van der Waals surface area contributed by atoms with Crippen molar-refractivity contribution >= 4 is 59.2 Å². The second kappa shape index (κ2) is 5.24. The topological polar surface area (TPSA) is 46.4 Å². The highest BCUT2D eigenvalue weighted by Crippen LogP contribution is 2.45. The van der Waals surface area contributed by atoms with E-state index in [1.54, 1.807) is 6.07 Å². The Kier molecular flexibility index (Phi) is 4.10. The summed E-state index contributed by atoms with van der Waals surface area (Å²) in [5.74, 6) is 0. The zero-order valence-electron chi connectivity index (χ0n) is 8.75. The lowest BCUT2D eigenvalue weighted by atomic mass is 10.2. The highest BCUT2D eigenvalue weighted by atomic mass is 79.9. The van der Waals surface area contributed by atoms with E-state index in [4.69, 9.17) is 0 Å². The molecule has 0 bridgehead atoms. The van der Waals surface area contributed by atoms with Crippen molar-refractivity contribution in [2.24, 2.45) is 0 Å². The molecule has 7 heteroatoms. The molecule has 4 nitrogen and oxygen atoms in total. The molecule has 1 heterocycles. The Morgan fingerprint density at radius 2 is 1.76 bits per heavy atom. The smallest absolute Gasteiger partial charge is 0.299 e. The number of nitro benzene ring substituents is 1. The van der Waals surface area contributed by atoms with E-state index in [1.165, 1.54) is 0 Å². The van der Waals surface area contributed by atoms with Crippen LogP contribution in [0.15, 0.2) is 19.5 Å². The monoisotopic (exact) mass is 426 g/mol. The van der Waals surface area contributed by atoms with Crippen LogP contribution >= 0.6 is 47.8 Å². The first-order chi connectivity index (χ1) is 8.02. The Hall–Kier alpha value is -0.140. The van der Waals surface area contributed by atoms with Gasteiger partial charge in [0.05, 0.1) is 15.1 Å². The van der Waals surface area contributed by atoms with Crippen LogP contribution in [0, 0.1) is 10.1 Å². The summed E-state index contributed by atoms with van der Waals surface area (Å²) in [6.45, 7) is 1.88. The maximum Gasteiger partial charge on any atom is 0.299 e. The van der Waals surface area contributed by atoms with Gasteiger partial charge in [0.1, 0.15) is 4.47 Å². The van der Waals surface area contributed by atoms with Gasteiger partial charge in [0, 0.05) is 17.6 Å². The average Bonchev–Trinajstić information content (AvgIpc) is 2.69. The van der Waals surface area contributed by atoms with Crippen LogP contribution in [0.2, 0.25) is 0 Å². The van der Waals surface area contributed by atoms with Gasteiger partial charge in [-0.3, -0.25) is 10.1 Å². The Balaban J connectivity index is 2.58. The molecule has 0 aliphatic carbocycles. The predicted molar refractivity (Wildman–Crippen MR) is 77.6 cm³/mol. The van der Waals surface area contributed by atoms with Gasteiger partial charge >= 0.3 is 0 Å². The summed E-state index contributed by atoms with van der Waals surface area (Å²) in [7, 11) is 0. The van der Waals surface area contributed by atoms with Crippen LogP contribution in [-0.4, -0.2) is 18.0 Å². The summed E-state index contributed by atoms with van der Waals surface area (Å²) in [5, 5.41) is 11.0. The van der Waals surface area contributed by atoms with Crippen molar-refractivity contribution in [2.45, 2.75) is 12.8 Å². The number of nitrogens with zero attached hydrogens (tertiary/aromatic N) is 2. The summed E-state index contributed by atoms with van der Waals surface area (Å²) >= 11 is 10.0. The molecule has 0 unspecified atom stereocenters. The van der Waals surface area contributed by atoms with Crippen molar-refractivity contribution in [3.63, 3.8) is 0 Å². The molecule has 0 atom stereocenters. The van der Waals surface area contributed by atoms with Gasteiger partial charge in [-0.15, -0.1) is 0 Å². The Labute approximate surface area is 124 Å². The molecule has 1 fully saturated rings. The van der Waals surface area contributed by atoms with E-state index in [2.05, 4.69) is 52.7 Å². The second-order valence-electron chi connectivity index (χ2n) is 3.80. The molecule has 0 saturated carbocycles. The van der Waals surface area contributed by atoms with Gasteiger partial charge < -0.3 is 4.90 Å². The summed E-state index contributed by atoms with van der Waals surface area (Å²) in [6, 6.07) is 1.73. The number of benzene rings is 1. The van der Waals surface area contributed by atoms with E-state index >= 15 is 0 Å². The minimum absolute atomic E-state index is 0.0788. The summed E-state index contributed by atoms with van der Waals surface area (Å²) < 4.78 is 1.87. The van der Waals surface area contributed by atoms with Gasteiger partial charge in [-0.05, 0) is 66.7 Å². The molecule has 1 aliphatic heterocycles. The molecular formula is C10H9Br3N2O2. The van der Waals surface area contributed by atoms with E-state index in [0.29, 0.717) is 8.95 Å². The second-order valence-corrected chi connectivity index (χ2v) is 6.30. The van der Waals surface area contributed by atoms with E-state index < -0.39 is 0 Å². The van der Waals surface area contributed by atoms with Crippen molar-refractivity contribution in [3.05, 3.63) is 29.6 Å². The van der Waals surface area contributed by atoms with Crippen LogP contribution in [0.5, 0.6) is 0 Å². The third-order valence-corrected chi connectivity index (χ3v) is 4.69. The van der Waals surface area contributed by atoms with Crippen LogP contribution in [0.25, 0.3) is 0 Å². The van der Waals surface area contributed by atoms with E-state index in [-0.39, 0.29) is 10.6 Å². The lowest BCUT2D eigenvalue weighted by Crippen LogP contribution is -2.19. The molecule has 0 aromatic heterocycles. The summed E-state index contributed by atoms with van der Waals surface area (Å²) in [5.41, 5.74) is 0.951. The van der Waals surface area contributed by atoms with Gasteiger partial charge in [0.15, 0.2) is 0 Å². The normalized spacial score (nSPS) is 15.4. The fraction of sp³-hybridized carbons (Fsp3) is 0.400. The van der Waals surface area contributed by atoms with Crippen molar-refractivity contribution < 1.29 is 4.92 Å². The zero-order valence-corrected chi connectivity index (χ0v) is 13.5. The highest BCUT2D eigenvalue weighted by molar-refractivity contribution is 9.11. The van der Waals surface area contributed by atoms with Crippen molar-refractivity contribution in [2.75, 3.05) is 18.0 Å². The average molecular weight is 429 g/mol. The van der Waals surface area contributed by atoms with Gasteiger partial charge in [0.25, 0.3) is 5.69 Å². The van der Waals surface area contributed by atoms with Crippen molar-refractivity contribution in [1.82, 2.24) is 0 Å². The molecule has 0 radical (unpaired) electrons. The Morgan fingerprint density at radius 1 is 1.18 bits per heavy atom. The molecule has 0 spiro atoms. The van der Waals surface area contributed by atoms with E-state index in [0.717, 1.165) is 36.1 Å². The SMILES string of the molecule is O=[N+]([O-])c1c(Br)cc(Br)c(N2CCCC2)c1Br. The van der Waals surface area contributed by atoms with E-state index in [9.17, 15) is 10.1 Å². The molecule has 1 aromatic rings. The maximum absolute atomic E-state index is 11.0. The number of hydrogen-bond donors (Lipinski definition) is 0. The molecule has 1 aromatic carbocycles. The molecule has 1 aliphatic rings. The van der Waals surface area contributed by atoms with Crippen LogP contribution in [0.3, 0.4) is 0 Å². The van der Waals surface area contributed by atoms with Crippen LogP contribution in [0.1, 0.15) is 12.8 Å². The van der Waals surface area contributed by atoms with Gasteiger partial charge in [-0.25, -0.2) is 0 Å². The first kappa shape index (κ1) is 13.3. The number of halogens is 3. The minimum Gasteiger partial charge on any atom is -0.369 e. The molecular weight excluding hydrogens is 420 g/mol. The highest BCUT2D eigenvalue weighted by Gasteiger charge is 2.27. The van der Waals surface area contributed by atoms with Crippen LogP contribution in [0.4, 0.5) is 11.4 Å². The van der Waals surface area contributed by atoms with Gasteiger partial charge in [0.2, 0.25) is 0 Å². The third kappa shape index (κ3) is 2.51. The fourth-order valence-electron chi connectivity index (χ4n) is 1.97. The van der Waals surface area contributed by atoms with E-state index in [1.807, 2.05) is 0 Å². The lowest BCUT2D eigenvalue weighted by molar-refractivity contribution is -0.386. The molecule has 0 amide bonds. The number of anilines is 1. The van der Waals surface area contributed by atoms with Gasteiger partial charge in [-0.1, -0.05) is 0 Å². The molecule has 0 N–H and O–H groups in total. The summed E-state index contributed by atoms with van der Waals surface area (Å²) in [4.78, 5) is 12.8. The van der Waals surface area contributed by atoms with Crippen LogP contribution in [-0.2, 0) is 0 Å². The third-order valence-electron chi connectivity index (χ3n) is 2.73. The predicted octanol–water partition coefficient (Wildman–Crippen LogP) is 4.48. The first-order valence-corrected chi connectivity index (χ1v) is 7.47. The maximum atomic E-state index is 11.0. The molecule has 2 rings (SSSR count). The Morgan fingerprint density at radius 3 is 2.29 bits per heavy atom. The lowest BCUT2D eigenvalue weighted by Gasteiger charge is -2.21. The standard InChI is InChI=1S/C10H9Br3N2O2/c11-6-5-7(12)10(15(16)17)8(13)9(6)14-3-1-2-4-14/h5H,1-4H2. The van der Waals surface area contributed by atoms with Crippen molar-refractivity contribution in [3.8, 4) is 0 Å². The quantitative estimate of drug-likeness (QED) is 0.515. The van der Waals surface area contributed by atoms with Crippen LogP contribution < -0.4 is 4.90 Å².